The first-order valence-corrected chi connectivity index (χ1v) is 5.99. The van der Waals surface area contributed by atoms with E-state index in [2.05, 4.69) is 26.2 Å². The van der Waals surface area contributed by atoms with Crippen molar-refractivity contribution < 1.29 is 14.7 Å². The van der Waals surface area contributed by atoms with Gasteiger partial charge in [0.15, 0.2) is 0 Å². The van der Waals surface area contributed by atoms with E-state index in [-0.39, 0.29) is 5.69 Å². The number of amides is 1. The van der Waals surface area contributed by atoms with Crippen LogP contribution in [0.4, 0.5) is 0 Å². The Labute approximate surface area is 107 Å². The molecule has 17 heavy (non-hydrogen) atoms. The van der Waals surface area contributed by atoms with Crippen LogP contribution in [0.25, 0.3) is 0 Å². The lowest BCUT2D eigenvalue weighted by molar-refractivity contribution is -0.139. The molecule has 0 bridgehead atoms. The fourth-order valence-corrected chi connectivity index (χ4v) is 1.52. The molecule has 1 heterocycles. The van der Waals surface area contributed by atoms with E-state index in [1.165, 1.54) is 12.3 Å². The Morgan fingerprint density at radius 2 is 2.24 bits per heavy atom. The standard InChI is InChI=1S/C11H13BrN2O3/c1-2-3-9(11(16)17)14-10(15)8-5-4-7(12)6-13-8/h4-6,9H,2-3H2,1H3,(H,14,15)(H,16,17)/t9-/m1/s1. The Morgan fingerprint density at radius 3 is 2.71 bits per heavy atom. The average Bonchev–Trinajstić information content (AvgIpc) is 2.29. The zero-order valence-electron chi connectivity index (χ0n) is 9.31. The second-order valence-electron chi connectivity index (χ2n) is 3.51. The number of carboxylic acid groups (broad SMARTS) is 1. The van der Waals surface area contributed by atoms with Gasteiger partial charge in [-0.25, -0.2) is 9.78 Å². The maximum atomic E-state index is 11.7. The van der Waals surface area contributed by atoms with Gasteiger partial charge >= 0.3 is 5.97 Å². The summed E-state index contributed by atoms with van der Waals surface area (Å²) >= 11 is 3.21. The largest absolute Gasteiger partial charge is 0.480 e. The minimum atomic E-state index is -1.03. The molecule has 6 heteroatoms. The summed E-state index contributed by atoms with van der Waals surface area (Å²) < 4.78 is 0.761. The smallest absolute Gasteiger partial charge is 0.326 e. The number of hydrogen-bond acceptors (Lipinski definition) is 3. The number of pyridine rings is 1. The van der Waals surface area contributed by atoms with Gasteiger partial charge in [0.05, 0.1) is 0 Å². The molecule has 1 aromatic rings. The van der Waals surface area contributed by atoms with Crippen LogP contribution in [0.3, 0.4) is 0 Å². The highest BCUT2D eigenvalue weighted by atomic mass is 79.9. The lowest BCUT2D eigenvalue weighted by Crippen LogP contribution is -2.40. The maximum absolute atomic E-state index is 11.7. The number of aliphatic carboxylic acids is 1. The van der Waals surface area contributed by atoms with E-state index in [1.807, 2.05) is 6.92 Å². The first-order chi connectivity index (χ1) is 8.04. The van der Waals surface area contributed by atoms with Gasteiger partial charge in [-0.2, -0.15) is 0 Å². The van der Waals surface area contributed by atoms with Crippen LogP contribution in [-0.4, -0.2) is 28.0 Å². The van der Waals surface area contributed by atoms with Crippen molar-refractivity contribution in [2.45, 2.75) is 25.8 Å². The van der Waals surface area contributed by atoms with Crippen molar-refractivity contribution >= 4 is 27.8 Å². The Kier molecular flexibility index (Phi) is 5.09. The third-order valence-electron chi connectivity index (χ3n) is 2.14. The topological polar surface area (TPSA) is 79.3 Å². The summed E-state index contributed by atoms with van der Waals surface area (Å²) in [6.45, 7) is 1.86. The molecule has 0 aliphatic carbocycles. The molecular weight excluding hydrogens is 288 g/mol. The molecule has 1 aromatic heterocycles. The fourth-order valence-electron chi connectivity index (χ4n) is 1.29. The van der Waals surface area contributed by atoms with Crippen LogP contribution in [0.1, 0.15) is 30.3 Å². The van der Waals surface area contributed by atoms with Crippen molar-refractivity contribution in [3.05, 3.63) is 28.5 Å². The molecule has 0 aliphatic rings. The van der Waals surface area contributed by atoms with Crippen LogP contribution in [-0.2, 0) is 4.79 Å². The number of carbonyl (C=O) groups excluding carboxylic acids is 1. The first kappa shape index (κ1) is 13.6. The summed E-state index contributed by atoms with van der Waals surface area (Å²) in [7, 11) is 0. The van der Waals surface area contributed by atoms with Crippen LogP contribution in [0.5, 0.6) is 0 Å². The van der Waals surface area contributed by atoms with E-state index in [9.17, 15) is 9.59 Å². The second kappa shape index (κ2) is 6.34. The highest BCUT2D eigenvalue weighted by molar-refractivity contribution is 9.10. The van der Waals surface area contributed by atoms with E-state index >= 15 is 0 Å². The Bertz CT molecular complexity index is 406. The molecule has 1 atom stereocenters. The second-order valence-corrected chi connectivity index (χ2v) is 4.43. The lowest BCUT2D eigenvalue weighted by atomic mass is 10.1. The normalized spacial score (nSPS) is 11.9. The van der Waals surface area contributed by atoms with E-state index in [0.717, 1.165) is 4.47 Å². The van der Waals surface area contributed by atoms with Gasteiger partial charge in [0.25, 0.3) is 5.91 Å². The summed E-state index contributed by atoms with van der Waals surface area (Å²) in [5.74, 6) is -1.50. The summed E-state index contributed by atoms with van der Waals surface area (Å²) in [6, 6.07) is 2.35. The highest BCUT2D eigenvalue weighted by Crippen LogP contribution is 2.07. The average molecular weight is 301 g/mol. The first-order valence-electron chi connectivity index (χ1n) is 5.19. The number of hydrogen-bond donors (Lipinski definition) is 2. The predicted molar refractivity (Wildman–Crippen MR) is 65.7 cm³/mol. The Morgan fingerprint density at radius 1 is 1.53 bits per heavy atom. The SMILES string of the molecule is CCC[C@@H](NC(=O)c1ccc(Br)cn1)C(=O)O. The van der Waals surface area contributed by atoms with Gasteiger partial charge in [0.1, 0.15) is 11.7 Å². The van der Waals surface area contributed by atoms with Gasteiger partial charge in [-0.3, -0.25) is 4.79 Å². The van der Waals surface area contributed by atoms with Crippen molar-refractivity contribution in [3.8, 4) is 0 Å². The van der Waals surface area contributed by atoms with Crippen molar-refractivity contribution in [1.82, 2.24) is 10.3 Å². The van der Waals surface area contributed by atoms with Crippen LogP contribution in [0.2, 0.25) is 0 Å². The summed E-state index contributed by atoms with van der Waals surface area (Å²) in [4.78, 5) is 26.5. The molecule has 1 rings (SSSR count). The van der Waals surface area contributed by atoms with Gasteiger partial charge in [-0.05, 0) is 34.5 Å². The molecule has 0 radical (unpaired) electrons. The molecule has 0 aliphatic heterocycles. The Balaban J connectivity index is 2.70. The van der Waals surface area contributed by atoms with Crippen LogP contribution in [0.15, 0.2) is 22.8 Å². The van der Waals surface area contributed by atoms with Gasteiger partial charge in [0, 0.05) is 10.7 Å². The van der Waals surface area contributed by atoms with E-state index in [0.29, 0.717) is 12.8 Å². The summed E-state index contributed by atoms with van der Waals surface area (Å²) in [6.07, 6.45) is 2.58. The molecule has 5 nitrogen and oxygen atoms in total. The molecule has 0 spiro atoms. The number of carboxylic acids is 1. The minimum absolute atomic E-state index is 0.204. The van der Waals surface area contributed by atoms with Crippen molar-refractivity contribution in [2.24, 2.45) is 0 Å². The minimum Gasteiger partial charge on any atom is -0.480 e. The molecule has 2 N–H and O–H groups in total. The predicted octanol–water partition coefficient (Wildman–Crippen LogP) is 1.83. The van der Waals surface area contributed by atoms with E-state index in [4.69, 9.17) is 5.11 Å². The van der Waals surface area contributed by atoms with E-state index < -0.39 is 17.9 Å². The number of nitrogens with zero attached hydrogens (tertiary/aromatic N) is 1. The monoisotopic (exact) mass is 300 g/mol. The number of carbonyl (C=O) groups is 2. The summed E-state index contributed by atoms with van der Waals surface area (Å²) in [5.41, 5.74) is 0.204. The molecule has 0 saturated heterocycles. The highest BCUT2D eigenvalue weighted by Gasteiger charge is 2.19. The Hall–Kier alpha value is -1.43. The van der Waals surface area contributed by atoms with Crippen LogP contribution in [0, 0.1) is 0 Å². The van der Waals surface area contributed by atoms with Gasteiger partial charge < -0.3 is 10.4 Å². The quantitative estimate of drug-likeness (QED) is 0.869. The number of rotatable bonds is 5. The molecule has 1 amide bonds. The fraction of sp³-hybridized carbons (Fsp3) is 0.364. The van der Waals surface area contributed by atoms with Crippen molar-refractivity contribution in [1.29, 1.82) is 0 Å². The van der Waals surface area contributed by atoms with Crippen molar-refractivity contribution in [3.63, 3.8) is 0 Å². The molecule has 0 unspecified atom stereocenters. The zero-order valence-corrected chi connectivity index (χ0v) is 10.9. The zero-order chi connectivity index (χ0) is 12.8. The molecule has 92 valence electrons. The maximum Gasteiger partial charge on any atom is 0.326 e. The van der Waals surface area contributed by atoms with Gasteiger partial charge in [-0.1, -0.05) is 13.3 Å². The number of nitrogens with one attached hydrogen (secondary N) is 1. The number of halogens is 1. The molecular formula is C11H13BrN2O3. The lowest BCUT2D eigenvalue weighted by Gasteiger charge is -2.12. The third-order valence-corrected chi connectivity index (χ3v) is 2.61. The van der Waals surface area contributed by atoms with E-state index in [1.54, 1.807) is 6.07 Å². The molecule has 0 aromatic carbocycles. The summed E-state index contributed by atoms with van der Waals surface area (Å²) in [5, 5.41) is 11.3. The third kappa shape index (κ3) is 4.14. The molecule has 0 fully saturated rings. The van der Waals surface area contributed by atoms with Gasteiger partial charge in [-0.15, -0.1) is 0 Å². The van der Waals surface area contributed by atoms with Crippen LogP contribution < -0.4 is 5.32 Å². The van der Waals surface area contributed by atoms with Gasteiger partial charge in [0.2, 0.25) is 0 Å². The molecule has 0 saturated carbocycles. The van der Waals surface area contributed by atoms with Crippen LogP contribution >= 0.6 is 15.9 Å². The number of aromatic nitrogens is 1. The van der Waals surface area contributed by atoms with Crippen molar-refractivity contribution in [2.75, 3.05) is 0 Å².